The highest BCUT2D eigenvalue weighted by atomic mass is 19.3. The number of ether oxygens (including phenoxy) is 2. The Morgan fingerprint density at radius 3 is 2.43 bits per heavy atom. The minimum absolute atomic E-state index is 0.0901. The van der Waals surface area contributed by atoms with Gasteiger partial charge in [-0.3, -0.25) is 0 Å². The fraction of sp³-hybridized carbons (Fsp3) is 0.464. The minimum Gasteiger partial charge on any atom is -0.462 e. The zero-order chi connectivity index (χ0) is 25.4. The third-order valence-electron chi connectivity index (χ3n) is 6.68. The molecule has 1 fully saturated rings. The van der Waals surface area contributed by atoms with Crippen molar-refractivity contribution in [1.82, 2.24) is 0 Å². The molecule has 5 nitrogen and oxygen atoms in total. The molecule has 1 unspecified atom stereocenters. The third kappa shape index (κ3) is 7.70. The maximum atomic E-state index is 14.7. The summed E-state index contributed by atoms with van der Waals surface area (Å²) in [5.41, 5.74) is 14.4. The predicted octanol–water partition coefficient (Wildman–Crippen LogP) is 6.79. The molecule has 0 aromatic heterocycles. The first kappa shape index (κ1) is 26.5. The molecule has 2 aromatic carbocycles. The lowest BCUT2D eigenvalue weighted by Gasteiger charge is -2.33. The van der Waals surface area contributed by atoms with Crippen LogP contribution in [0.15, 0.2) is 48.5 Å². The maximum Gasteiger partial charge on any atom is 0.400 e. The standard InChI is InChI=1S/C28H36F2N2O3/c1-3-4-20-5-10-22(11-6-20)28(29,30)35-24-13-7-21(8-14-24)9-16-27(33)34-18-19(2)25-15-12-23(31)17-26(25)32/h7-9,12-17,19-20,22H,3-6,10-11,18,31-32H2,1-2H3/b16-9+. The van der Waals surface area contributed by atoms with E-state index in [2.05, 4.69) is 6.92 Å². The summed E-state index contributed by atoms with van der Waals surface area (Å²) >= 11 is 0. The number of nitrogen functional groups attached to an aromatic ring is 2. The SMILES string of the molecule is CCCC1CCC(C(F)(F)Oc2ccc(/C=C/C(=O)OCC(C)c3ccc(N)cc3N)cc2)CC1. The van der Waals surface area contributed by atoms with Crippen molar-refractivity contribution in [2.45, 2.75) is 64.4 Å². The molecule has 0 saturated heterocycles. The normalized spacial score (nSPS) is 19.4. The van der Waals surface area contributed by atoms with Crippen molar-refractivity contribution in [2.24, 2.45) is 11.8 Å². The number of benzene rings is 2. The molecule has 1 aliphatic carbocycles. The molecule has 2 aromatic rings. The van der Waals surface area contributed by atoms with Crippen molar-refractivity contribution in [3.8, 4) is 5.75 Å². The van der Waals surface area contributed by atoms with Crippen LogP contribution >= 0.6 is 0 Å². The summed E-state index contributed by atoms with van der Waals surface area (Å²) < 4.78 is 39.7. The Morgan fingerprint density at radius 1 is 1.11 bits per heavy atom. The van der Waals surface area contributed by atoms with Crippen LogP contribution in [0.1, 0.15) is 69.4 Å². The van der Waals surface area contributed by atoms with E-state index in [1.54, 1.807) is 30.3 Å². The highest BCUT2D eigenvalue weighted by Crippen LogP contribution is 2.41. The van der Waals surface area contributed by atoms with Crippen LogP contribution in [-0.4, -0.2) is 18.7 Å². The lowest BCUT2D eigenvalue weighted by Crippen LogP contribution is -2.37. The summed E-state index contributed by atoms with van der Waals surface area (Å²) in [7, 11) is 0. The monoisotopic (exact) mass is 486 g/mol. The molecular weight excluding hydrogens is 450 g/mol. The van der Waals surface area contributed by atoms with E-state index in [1.165, 1.54) is 18.2 Å². The van der Waals surface area contributed by atoms with E-state index < -0.39 is 18.0 Å². The van der Waals surface area contributed by atoms with Gasteiger partial charge in [-0.1, -0.05) is 44.9 Å². The fourth-order valence-corrected chi connectivity index (χ4v) is 4.63. The van der Waals surface area contributed by atoms with Gasteiger partial charge in [0.15, 0.2) is 0 Å². The predicted molar refractivity (Wildman–Crippen MR) is 136 cm³/mol. The largest absolute Gasteiger partial charge is 0.462 e. The number of alkyl halides is 2. The van der Waals surface area contributed by atoms with Gasteiger partial charge in [0.2, 0.25) is 0 Å². The fourth-order valence-electron chi connectivity index (χ4n) is 4.63. The second-order valence-electron chi connectivity index (χ2n) is 9.49. The van der Waals surface area contributed by atoms with Crippen molar-refractivity contribution >= 4 is 23.4 Å². The molecule has 3 rings (SSSR count). The van der Waals surface area contributed by atoms with Crippen molar-refractivity contribution in [2.75, 3.05) is 18.1 Å². The second-order valence-corrected chi connectivity index (χ2v) is 9.49. The number of esters is 1. The van der Waals surface area contributed by atoms with E-state index in [9.17, 15) is 13.6 Å². The molecule has 0 amide bonds. The summed E-state index contributed by atoms with van der Waals surface area (Å²) in [5, 5.41) is 0. The summed E-state index contributed by atoms with van der Waals surface area (Å²) in [4.78, 5) is 12.1. The molecule has 190 valence electrons. The van der Waals surface area contributed by atoms with Gasteiger partial charge < -0.3 is 20.9 Å². The summed E-state index contributed by atoms with van der Waals surface area (Å²) in [6, 6.07) is 11.5. The van der Waals surface area contributed by atoms with Crippen molar-refractivity contribution in [1.29, 1.82) is 0 Å². The molecule has 4 N–H and O–H groups in total. The van der Waals surface area contributed by atoms with E-state index >= 15 is 0 Å². The van der Waals surface area contributed by atoms with Gasteiger partial charge in [-0.15, -0.1) is 0 Å². The van der Waals surface area contributed by atoms with Crippen LogP contribution in [-0.2, 0) is 9.53 Å². The first-order chi connectivity index (χ1) is 16.7. The molecule has 0 radical (unpaired) electrons. The highest BCUT2D eigenvalue weighted by molar-refractivity contribution is 5.87. The third-order valence-corrected chi connectivity index (χ3v) is 6.68. The number of halogens is 2. The van der Waals surface area contributed by atoms with Gasteiger partial charge in [-0.2, -0.15) is 8.78 Å². The number of rotatable bonds is 10. The van der Waals surface area contributed by atoms with Crippen molar-refractivity contribution in [3.63, 3.8) is 0 Å². The van der Waals surface area contributed by atoms with Gasteiger partial charge >= 0.3 is 12.1 Å². The zero-order valence-corrected chi connectivity index (χ0v) is 20.5. The molecule has 35 heavy (non-hydrogen) atoms. The number of hydrogen-bond donors (Lipinski definition) is 2. The molecule has 1 atom stereocenters. The summed E-state index contributed by atoms with van der Waals surface area (Å²) in [6.07, 6.45) is 4.54. The lowest BCUT2D eigenvalue weighted by atomic mass is 9.79. The van der Waals surface area contributed by atoms with Gasteiger partial charge in [0.05, 0.1) is 12.5 Å². The molecule has 0 spiro atoms. The Hall–Kier alpha value is -3.09. The van der Waals surface area contributed by atoms with E-state index in [4.69, 9.17) is 20.9 Å². The van der Waals surface area contributed by atoms with E-state index in [1.807, 2.05) is 13.0 Å². The topological polar surface area (TPSA) is 87.6 Å². The Labute approximate surface area is 206 Å². The quantitative estimate of drug-likeness (QED) is 0.219. The van der Waals surface area contributed by atoms with Crippen molar-refractivity contribution < 1.29 is 23.0 Å². The van der Waals surface area contributed by atoms with Crippen LogP contribution in [0.25, 0.3) is 6.08 Å². The number of nitrogens with two attached hydrogens (primary N) is 2. The Kier molecular flexibility index (Phi) is 9.13. The Bertz CT molecular complexity index is 1000. The molecule has 1 aliphatic rings. The van der Waals surface area contributed by atoms with Gasteiger partial charge in [0.1, 0.15) is 5.75 Å². The Balaban J connectivity index is 1.47. The summed E-state index contributed by atoms with van der Waals surface area (Å²) in [5.74, 6) is -0.677. The van der Waals surface area contributed by atoms with Crippen LogP contribution in [0.2, 0.25) is 0 Å². The average molecular weight is 487 g/mol. The molecular formula is C28H36F2N2O3. The smallest absolute Gasteiger partial charge is 0.400 e. The zero-order valence-electron chi connectivity index (χ0n) is 20.5. The van der Waals surface area contributed by atoms with Crippen LogP contribution < -0.4 is 16.2 Å². The maximum absolute atomic E-state index is 14.7. The van der Waals surface area contributed by atoms with Crippen molar-refractivity contribution in [3.05, 3.63) is 59.7 Å². The molecule has 1 saturated carbocycles. The van der Waals surface area contributed by atoms with E-state index in [-0.39, 0.29) is 18.3 Å². The molecule has 7 heteroatoms. The first-order valence-electron chi connectivity index (χ1n) is 12.3. The van der Waals surface area contributed by atoms with E-state index in [0.29, 0.717) is 35.7 Å². The average Bonchev–Trinajstić information content (AvgIpc) is 2.82. The van der Waals surface area contributed by atoms with Gasteiger partial charge in [0, 0.05) is 23.4 Å². The van der Waals surface area contributed by atoms with Crippen LogP contribution in [0.3, 0.4) is 0 Å². The molecule has 0 heterocycles. The number of anilines is 2. The number of carbonyl (C=O) groups excluding carboxylic acids is 1. The van der Waals surface area contributed by atoms with Crippen LogP contribution in [0.4, 0.5) is 20.2 Å². The van der Waals surface area contributed by atoms with Gasteiger partial charge in [-0.25, -0.2) is 4.79 Å². The van der Waals surface area contributed by atoms with Crippen LogP contribution in [0, 0.1) is 11.8 Å². The van der Waals surface area contributed by atoms with E-state index in [0.717, 1.165) is 31.2 Å². The number of carbonyl (C=O) groups is 1. The van der Waals surface area contributed by atoms with Crippen LogP contribution in [0.5, 0.6) is 5.75 Å². The summed E-state index contributed by atoms with van der Waals surface area (Å²) in [6.45, 7) is 4.20. The lowest BCUT2D eigenvalue weighted by molar-refractivity contribution is -0.223. The number of hydrogen-bond acceptors (Lipinski definition) is 5. The van der Waals surface area contributed by atoms with Gasteiger partial charge in [0.25, 0.3) is 0 Å². The second kappa shape index (κ2) is 12.0. The molecule has 0 aliphatic heterocycles. The Morgan fingerprint density at radius 2 is 1.80 bits per heavy atom. The van der Waals surface area contributed by atoms with Gasteiger partial charge in [-0.05, 0) is 73.1 Å². The first-order valence-corrected chi connectivity index (χ1v) is 12.3. The minimum atomic E-state index is -3.19. The molecule has 0 bridgehead atoms. The highest BCUT2D eigenvalue weighted by Gasteiger charge is 2.43.